The van der Waals surface area contributed by atoms with Gasteiger partial charge in [-0.05, 0) is 25.0 Å². The van der Waals surface area contributed by atoms with Crippen LogP contribution in [0.4, 0.5) is 0 Å². The third kappa shape index (κ3) is 1.10. The summed E-state index contributed by atoms with van der Waals surface area (Å²) in [5, 5.41) is 8.30. The van der Waals surface area contributed by atoms with Gasteiger partial charge in [-0.1, -0.05) is 18.1 Å². The van der Waals surface area contributed by atoms with E-state index >= 15 is 0 Å². The van der Waals surface area contributed by atoms with Crippen molar-refractivity contribution in [3.63, 3.8) is 0 Å². The van der Waals surface area contributed by atoms with Gasteiger partial charge in [-0.2, -0.15) is 0 Å². The van der Waals surface area contributed by atoms with Gasteiger partial charge < -0.3 is 0 Å². The first-order chi connectivity index (χ1) is 6.95. The zero-order valence-electron chi connectivity index (χ0n) is 7.93. The van der Waals surface area contributed by atoms with Gasteiger partial charge in [0.15, 0.2) is 5.65 Å². The summed E-state index contributed by atoms with van der Waals surface area (Å²) in [6, 6.07) is 4.38. The largest absolute Gasteiger partial charge is 0.235 e. The molecule has 0 aliphatic heterocycles. The fourth-order valence-electron chi connectivity index (χ4n) is 2.18. The van der Waals surface area contributed by atoms with E-state index in [9.17, 15) is 0 Å². The summed E-state index contributed by atoms with van der Waals surface area (Å²) < 4.78 is 1.99. The van der Waals surface area contributed by atoms with Gasteiger partial charge in [-0.3, -0.25) is 0 Å². The van der Waals surface area contributed by atoms with Crippen molar-refractivity contribution in [2.24, 2.45) is 0 Å². The number of rotatable bonds is 1. The predicted octanol–water partition coefficient (Wildman–Crippen LogP) is 1.94. The van der Waals surface area contributed by atoms with Crippen LogP contribution in [0.5, 0.6) is 0 Å². The minimum absolute atomic E-state index is 0.523. The number of nitrogens with zero attached hydrogens (tertiary/aromatic N) is 4. The molecule has 0 atom stereocenters. The van der Waals surface area contributed by atoms with Crippen molar-refractivity contribution in [3.8, 4) is 0 Å². The predicted molar refractivity (Wildman–Crippen MR) is 52.8 cm³/mol. The Hall–Kier alpha value is -1.45. The lowest BCUT2D eigenvalue weighted by Gasteiger charge is -2.08. The molecule has 1 aliphatic rings. The monoisotopic (exact) mass is 188 g/mol. The molecular weight excluding hydrogens is 176 g/mol. The van der Waals surface area contributed by atoms with Crippen molar-refractivity contribution in [1.82, 2.24) is 20.0 Å². The molecule has 3 rings (SSSR count). The number of fused-ring (bicyclic) bond motifs is 1. The zero-order valence-corrected chi connectivity index (χ0v) is 7.93. The average molecular weight is 188 g/mol. The molecule has 0 radical (unpaired) electrons. The summed E-state index contributed by atoms with van der Waals surface area (Å²) in [6.45, 7) is 0. The Morgan fingerprint density at radius 2 is 2.14 bits per heavy atom. The van der Waals surface area contributed by atoms with Crippen LogP contribution in [0.25, 0.3) is 11.2 Å². The first-order valence-corrected chi connectivity index (χ1v) is 5.11. The highest BCUT2D eigenvalue weighted by Gasteiger charge is 2.20. The molecule has 4 nitrogen and oxygen atoms in total. The number of pyridine rings is 1. The Morgan fingerprint density at radius 3 is 3.00 bits per heavy atom. The summed E-state index contributed by atoms with van der Waals surface area (Å²) >= 11 is 0. The van der Waals surface area contributed by atoms with Crippen molar-refractivity contribution >= 4 is 11.2 Å². The maximum absolute atomic E-state index is 4.32. The summed E-state index contributed by atoms with van der Waals surface area (Å²) in [4.78, 5) is 4.32. The highest BCUT2D eigenvalue weighted by molar-refractivity contribution is 5.68. The van der Waals surface area contributed by atoms with Gasteiger partial charge in [0.2, 0.25) is 0 Å². The lowest BCUT2D eigenvalue weighted by Crippen LogP contribution is -2.07. The lowest BCUT2D eigenvalue weighted by atomic mass is 10.2. The Bertz CT molecular complexity index is 442. The number of hydrogen-bond donors (Lipinski definition) is 0. The van der Waals surface area contributed by atoms with Crippen LogP contribution in [0.15, 0.2) is 18.3 Å². The fourth-order valence-corrected chi connectivity index (χ4v) is 2.18. The smallest absolute Gasteiger partial charge is 0.178 e. The molecule has 1 aliphatic carbocycles. The van der Waals surface area contributed by atoms with Crippen LogP contribution in [0.2, 0.25) is 0 Å². The van der Waals surface area contributed by atoms with Crippen molar-refractivity contribution < 1.29 is 0 Å². The third-order valence-corrected chi connectivity index (χ3v) is 2.90. The minimum Gasteiger partial charge on any atom is -0.235 e. The first kappa shape index (κ1) is 7.91. The SMILES string of the molecule is c1cnc2c(c1)nnn2C1CCCC1. The molecule has 0 N–H and O–H groups in total. The molecule has 14 heavy (non-hydrogen) atoms. The van der Waals surface area contributed by atoms with Crippen molar-refractivity contribution in [2.45, 2.75) is 31.7 Å². The summed E-state index contributed by atoms with van der Waals surface area (Å²) in [5.74, 6) is 0. The van der Waals surface area contributed by atoms with E-state index in [2.05, 4.69) is 15.3 Å². The molecule has 0 spiro atoms. The lowest BCUT2D eigenvalue weighted by molar-refractivity contribution is 0.464. The maximum Gasteiger partial charge on any atom is 0.178 e. The molecule has 0 bridgehead atoms. The molecule has 0 unspecified atom stereocenters. The van der Waals surface area contributed by atoms with Crippen LogP contribution in [0.3, 0.4) is 0 Å². The van der Waals surface area contributed by atoms with Gasteiger partial charge in [0.1, 0.15) is 5.52 Å². The Morgan fingerprint density at radius 1 is 1.29 bits per heavy atom. The van der Waals surface area contributed by atoms with Gasteiger partial charge in [0, 0.05) is 6.20 Å². The van der Waals surface area contributed by atoms with E-state index in [1.165, 1.54) is 25.7 Å². The van der Waals surface area contributed by atoms with Crippen molar-refractivity contribution in [3.05, 3.63) is 18.3 Å². The second-order valence-corrected chi connectivity index (χ2v) is 3.82. The van der Waals surface area contributed by atoms with Crippen LogP contribution >= 0.6 is 0 Å². The molecule has 4 heteroatoms. The Labute approximate surface area is 81.9 Å². The summed E-state index contributed by atoms with van der Waals surface area (Å²) in [7, 11) is 0. The standard InChI is InChI=1S/C10H12N4/c1-2-5-8(4-1)14-10-9(12-13-14)6-3-7-11-10/h3,6-8H,1-2,4-5H2. The van der Waals surface area contributed by atoms with Crippen LogP contribution in [-0.4, -0.2) is 20.0 Å². The highest BCUT2D eigenvalue weighted by atomic mass is 15.5. The molecule has 1 fully saturated rings. The van der Waals surface area contributed by atoms with E-state index in [1.807, 2.05) is 16.8 Å². The minimum atomic E-state index is 0.523. The topological polar surface area (TPSA) is 43.6 Å². The quantitative estimate of drug-likeness (QED) is 0.687. The zero-order chi connectivity index (χ0) is 9.38. The van der Waals surface area contributed by atoms with Crippen molar-refractivity contribution in [1.29, 1.82) is 0 Å². The van der Waals surface area contributed by atoms with Gasteiger partial charge in [0.25, 0.3) is 0 Å². The Kier molecular flexibility index (Phi) is 1.72. The van der Waals surface area contributed by atoms with Crippen LogP contribution in [0, 0.1) is 0 Å². The van der Waals surface area contributed by atoms with Gasteiger partial charge >= 0.3 is 0 Å². The van der Waals surface area contributed by atoms with E-state index < -0.39 is 0 Å². The summed E-state index contributed by atoms with van der Waals surface area (Å²) in [5.41, 5.74) is 1.83. The normalized spacial score (nSPS) is 18.0. The molecule has 2 heterocycles. The van der Waals surface area contributed by atoms with Gasteiger partial charge in [-0.15, -0.1) is 5.10 Å². The van der Waals surface area contributed by atoms with E-state index in [-0.39, 0.29) is 0 Å². The second-order valence-electron chi connectivity index (χ2n) is 3.82. The van der Waals surface area contributed by atoms with Crippen LogP contribution in [0.1, 0.15) is 31.7 Å². The molecule has 2 aromatic heterocycles. The number of aromatic nitrogens is 4. The molecule has 0 aromatic carbocycles. The van der Waals surface area contributed by atoms with Crippen LogP contribution in [-0.2, 0) is 0 Å². The second kappa shape index (κ2) is 3.04. The first-order valence-electron chi connectivity index (χ1n) is 5.11. The van der Waals surface area contributed by atoms with E-state index in [0.29, 0.717) is 6.04 Å². The fraction of sp³-hybridized carbons (Fsp3) is 0.500. The van der Waals surface area contributed by atoms with Crippen LogP contribution < -0.4 is 0 Å². The molecule has 0 amide bonds. The van der Waals surface area contributed by atoms with E-state index in [0.717, 1.165) is 11.2 Å². The molecule has 0 saturated heterocycles. The Balaban J connectivity index is 2.11. The molecule has 2 aromatic rings. The number of hydrogen-bond acceptors (Lipinski definition) is 3. The van der Waals surface area contributed by atoms with Gasteiger partial charge in [0.05, 0.1) is 6.04 Å². The summed E-state index contributed by atoms with van der Waals surface area (Å²) in [6.07, 6.45) is 6.85. The molecule has 72 valence electrons. The van der Waals surface area contributed by atoms with Crippen molar-refractivity contribution in [2.75, 3.05) is 0 Å². The molecular formula is C10H12N4. The van der Waals surface area contributed by atoms with E-state index in [4.69, 9.17) is 0 Å². The maximum atomic E-state index is 4.32. The highest BCUT2D eigenvalue weighted by Crippen LogP contribution is 2.30. The third-order valence-electron chi connectivity index (χ3n) is 2.90. The van der Waals surface area contributed by atoms with Gasteiger partial charge in [-0.25, -0.2) is 9.67 Å². The van der Waals surface area contributed by atoms with E-state index in [1.54, 1.807) is 6.20 Å². The average Bonchev–Trinajstić information content (AvgIpc) is 2.85. The molecule has 1 saturated carbocycles.